The summed E-state index contributed by atoms with van der Waals surface area (Å²) in [5.41, 5.74) is 2.27. The van der Waals surface area contributed by atoms with Crippen molar-refractivity contribution < 1.29 is 18.1 Å². The fraction of sp³-hybridized carbons (Fsp3) is 0.174. The number of para-hydroxylation sites is 1. The molecule has 2 aliphatic heterocycles. The van der Waals surface area contributed by atoms with E-state index < -0.39 is 20.8 Å². The van der Waals surface area contributed by atoms with Crippen molar-refractivity contribution in [2.24, 2.45) is 0 Å². The largest absolute Gasteiger partial charge is 0.289 e. The van der Waals surface area contributed by atoms with Gasteiger partial charge in [-0.2, -0.15) is 5.10 Å². The van der Waals surface area contributed by atoms with Crippen molar-refractivity contribution in [2.75, 3.05) is 11.5 Å². The molecular weight excluding hydrogens is 508 g/mol. The molecule has 0 bridgehead atoms. The molecule has 1 aromatic heterocycles. The third kappa shape index (κ3) is 4.64. The van der Waals surface area contributed by atoms with E-state index in [-0.39, 0.29) is 23.1 Å². The van der Waals surface area contributed by atoms with E-state index in [0.717, 1.165) is 17.4 Å². The number of thiocarbonyl (C=S) groups is 1. The average Bonchev–Trinajstić information content (AvgIpc) is 3.49. The lowest BCUT2D eigenvalue weighted by Gasteiger charge is -2.20. The monoisotopic (exact) mass is 526 g/mol. The summed E-state index contributed by atoms with van der Waals surface area (Å²) in [5, 5.41) is 16.0. The Labute approximate surface area is 210 Å². The Morgan fingerprint density at radius 3 is 2.63 bits per heavy atom. The molecule has 1 atom stereocenters. The molecule has 178 valence electrons. The molecule has 35 heavy (non-hydrogen) atoms. The van der Waals surface area contributed by atoms with Crippen LogP contribution in [0, 0.1) is 10.1 Å². The van der Waals surface area contributed by atoms with Crippen LogP contribution in [0.1, 0.15) is 12.0 Å². The quantitative estimate of drug-likeness (QED) is 0.213. The first kappa shape index (κ1) is 23.4. The van der Waals surface area contributed by atoms with Crippen LogP contribution >= 0.6 is 24.0 Å². The number of carbonyl (C=O) groups excluding carboxylic acids is 1. The van der Waals surface area contributed by atoms with Crippen molar-refractivity contribution in [1.82, 2.24) is 14.7 Å². The highest BCUT2D eigenvalue weighted by molar-refractivity contribution is 8.26. The summed E-state index contributed by atoms with van der Waals surface area (Å²) in [6.45, 7) is 0. The maximum Gasteiger partial charge on any atom is 0.270 e. The van der Waals surface area contributed by atoms with Gasteiger partial charge in [-0.25, -0.2) is 13.1 Å². The number of nitro benzene ring substituents is 1. The Morgan fingerprint density at radius 1 is 1.17 bits per heavy atom. The molecule has 2 aliphatic rings. The highest BCUT2D eigenvalue weighted by Crippen LogP contribution is 2.38. The summed E-state index contributed by atoms with van der Waals surface area (Å²) < 4.78 is 25.8. The van der Waals surface area contributed by atoms with Crippen LogP contribution in [-0.4, -0.2) is 55.8 Å². The number of aromatic nitrogens is 2. The van der Waals surface area contributed by atoms with Gasteiger partial charge >= 0.3 is 0 Å². The van der Waals surface area contributed by atoms with Gasteiger partial charge in [0.15, 0.2) is 9.84 Å². The molecule has 9 nitrogen and oxygen atoms in total. The topological polar surface area (TPSA) is 115 Å². The standard InChI is InChI=1S/C23H18N4O5S3/c28-22-20(34-23(33)26(22)19-9-10-35(31,32)14-19)12-16-13-25(17-6-2-1-3-7-17)24-21(16)15-5-4-8-18(11-15)27(29)30/h1-8,11-13,19H,9-10,14H2/b20-12-/t19-/m1/s1. The molecule has 0 N–H and O–H groups in total. The number of nitro groups is 1. The summed E-state index contributed by atoms with van der Waals surface area (Å²) in [6.07, 6.45) is 3.76. The lowest BCUT2D eigenvalue weighted by molar-refractivity contribution is -0.384. The minimum atomic E-state index is -3.19. The maximum absolute atomic E-state index is 13.2. The molecule has 1 amide bonds. The lowest BCUT2D eigenvalue weighted by Crippen LogP contribution is -2.39. The van der Waals surface area contributed by atoms with Gasteiger partial charge in [0.25, 0.3) is 11.6 Å². The summed E-state index contributed by atoms with van der Waals surface area (Å²) in [5.74, 6) is -0.411. The Morgan fingerprint density at radius 2 is 1.94 bits per heavy atom. The molecule has 5 rings (SSSR count). The van der Waals surface area contributed by atoms with Crippen LogP contribution in [0.25, 0.3) is 23.0 Å². The van der Waals surface area contributed by atoms with Gasteiger partial charge in [-0.3, -0.25) is 19.8 Å². The molecule has 0 aliphatic carbocycles. The normalized spacial score (nSPS) is 20.6. The van der Waals surface area contributed by atoms with E-state index in [2.05, 4.69) is 5.10 Å². The molecule has 2 saturated heterocycles. The minimum Gasteiger partial charge on any atom is -0.289 e. The molecule has 3 aromatic rings. The molecule has 0 unspecified atom stereocenters. The van der Waals surface area contributed by atoms with E-state index in [4.69, 9.17) is 12.2 Å². The van der Waals surface area contributed by atoms with E-state index in [9.17, 15) is 23.3 Å². The van der Waals surface area contributed by atoms with Gasteiger partial charge in [-0.1, -0.05) is 54.3 Å². The number of sulfone groups is 1. The number of nitrogens with zero attached hydrogens (tertiary/aromatic N) is 4. The second-order valence-electron chi connectivity index (χ2n) is 8.13. The van der Waals surface area contributed by atoms with Crippen molar-refractivity contribution in [1.29, 1.82) is 0 Å². The van der Waals surface area contributed by atoms with Crippen molar-refractivity contribution in [2.45, 2.75) is 12.5 Å². The van der Waals surface area contributed by atoms with Crippen LogP contribution in [0.15, 0.2) is 65.7 Å². The van der Waals surface area contributed by atoms with E-state index >= 15 is 0 Å². The summed E-state index contributed by atoms with van der Waals surface area (Å²) in [6, 6.07) is 15.0. The SMILES string of the molecule is O=C1/C(=C/c2cn(-c3ccccc3)nc2-c2cccc([N+](=O)[O-])c2)SC(=S)N1[C@@H]1CCS(=O)(=O)C1. The molecule has 0 radical (unpaired) electrons. The predicted molar refractivity (Wildman–Crippen MR) is 138 cm³/mol. The summed E-state index contributed by atoms with van der Waals surface area (Å²) >= 11 is 6.52. The zero-order valence-electron chi connectivity index (χ0n) is 18.1. The molecule has 3 heterocycles. The second-order valence-corrected chi connectivity index (χ2v) is 12.0. The molecular formula is C23H18N4O5S3. The smallest absolute Gasteiger partial charge is 0.270 e. The maximum atomic E-state index is 13.2. The minimum absolute atomic E-state index is 0.0363. The van der Waals surface area contributed by atoms with E-state index in [1.165, 1.54) is 17.0 Å². The first-order valence-corrected chi connectivity index (χ1v) is 13.6. The molecule has 0 spiro atoms. The number of hydrogen-bond donors (Lipinski definition) is 0. The van der Waals surface area contributed by atoms with Crippen LogP contribution in [0.4, 0.5) is 5.69 Å². The number of carbonyl (C=O) groups is 1. The van der Waals surface area contributed by atoms with Gasteiger partial charge in [0, 0.05) is 29.5 Å². The number of non-ortho nitro benzene ring substituents is 1. The third-order valence-electron chi connectivity index (χ3n) is 5.78. The van der Waals surface area contributed by atoms with Crippen LogP contribution in [0.5, 0.6) is 0 Å². The van der Waals surface area contributed by atoms with Crippen molar-refractivity contribution >= 4 is 55.8 Å². The van der Waals surface area contributed by atoms with Crippen LogP contribution in [0.3, 0.4) is 0 Å². The molecule has 2 fully saturated rings. The van der Waals surface area contributed by atoms with E-state index in [0.29, 0.717) is 32.5 Å². The zero-order chi connectivity index (χ0) is 24.7. The van der Waals surface area contributed by atoms with E-state index in [1.807, 2.05) is 30.3 Å². The molecule has 0 saturated carbocycles. The number of thioether (sulfide) groups is 1. The summed E-state index contributed by atoms with van der Waals surface area (Å²) in [4.78, 5) is 25.8. The Kier molecular flexibility index (Phi) is 6.03. The van der Waals surface area contributed by atoms with Crippen molar-refractivity contribution in [3.05, 3.63) is 81.4 Å². The highest BCUT2D eigenvalue weighted by atomic mass is 32.2. The Hall–Kier alpha value is -3.35. The average molecular weight is 527 g/mol. The zero-order valence-corrected chi connectivity index (χ0v) is 20.6. The first-order chi connectivity index (χ1) is 16.7. The van der Waals surface area contributed by atoms with Crippen LogP contribution in [-0.2, 0) is 14.6 Å². The Bertz CT molecular complexity index is 1500. The number of hydrogen-bond acceptors (Lipinski definition) is 8. The van der Waals surface area contributed by atoms with E-state index in [1.54, 1.807) is 29.1 Å². The summed E-state index contributed by atoms with van der Waals surface area (Å²) in [7, 11) is -3.19. The van der Waals surface area contributed by atoms with Crippen molar-refractivity contribution in [3.63, 3.8) is 0 Å². The molecule has 12 heteroatoms. The lowest BCUT2D eigenvalue weighted by atomic mass is 10.1. The Balaban J connectivity index is 1.57. The van der Waals surface area contributed by atoms with Crippen LogP contribution in [0.2, 0.25) is 0 Å². The van der Waals surface area contributed by atoms with Crippen molar-refractivity contribution in [3.8, 4) is 16.9 Å². The van der Waals surface area contributed by atoms with Gasteiger partial charge in [-0.15, -0.1) is 0 Å². The van der Waals surface area contributed by atoms with Gasteiger partial charge in [0.1, 0.15) is 10.0 Å². The fourth-order valence-electron chi connectivity index (χ4n) is 4.11. The molecule has 2 aromatic carbocycles. The van der Waals surface area contributed by atoms with Gasteiger partial charge in [0.05, 0.1) is 33.1 Å². The number of rotatable bonds is 5. The third-order valence-corrected chi connectivity index (χ3v) is 8.86. The first-order valence-electron chi connectivity index (χ1n) is 10.6. The van der Waals surface area contributed by atoms with Gasteiger partial charge < -0.3 is 0 Å². The fourth-order valence-corrected chi connectivity index (χ4v) is 7.20. The predicted octanol–water partition coefficient (Wildman–Crippen LogP) is 3.84. The second kappa shape index (κ2) is 9.02. The highest BCUT2D eigenvalue weighted by Gasteiger charge is 2.42. The number of benzene rings is 2. The van der Waals surface area contributed by atoms with Gasteiger partial charge in [-0.05, 0) is 24.6 Å². The number of amides is 1. The van der Waals surface area contributed by atoms with Gasteiger partial charge in [0.2, 0.25) is 0 Å². The van der Waals surface area contributed by atoms with Crippen LogP contribution < -0.4 is 0 Å².